The lowest BCUT2D eigenvalue weighted by Gasteiger charge is -2.06. The molecule has 18 heavy (non-hydrogen) atoms. The number of carbonyl (C=O) groups is 1. The van der Waals surface area contributed by atoms with Crippen LogP contribution >= 0.6 is 23.4 Å². The van der Waals surface area contributed by atoms with Crippen molar-refractivity contribution in [1.29, 1.82) is 0 Å². The second kappa shape index (κ2) is 5.88. The van der Waals surface area contributed by atoms with Crippen molar-refractivity contribution < 1.29 is 4.79 Å². The fourth-order valence-corrected chi connectivity index (χ4v) is 2.01. The molecule has 1 amide bonds. The number of halogens is 1. The van der Waals surface area contributed by atoms with E-state index in [9.17, 15) is 4.79 Å². The number of aromatic amines is 1. The first-order chi connectivity index (χ1) is 8.65. The molecule has 0 aliphatic rings. The highest BCUT2D eigenvalue weighted by Gasteiger charge is 2.06. The Labute approximate surface area is 113 Å². The highest BCUT2D eigenvalue weighted by Crippen LogP contribution is 2.19. The number of aromatic nitrogens is 3. The maximum atomic E-state index is 11.7. The number of carbonyl (C=O) groups excluding carboxylic acids is 1. The van der Waals surface area contributed by atoms with Crippen molar-refractivity contribution in [1.82, 2.24) is 15.2 Å². The largest absolute Gasteiger partial charge is 0.325 e. The molecule has 0 aliphatic carbocycles. The Morgan fingerprint density at radius 3 is 3.06 bits per heavy atom. The van der Waals surface area contributed by atoms with Gasteiger partial charge in [-0.3, -0.25) is 9.89 Å². The second-order valence-corrected chi connectivity index (χ2v) is 4.96. The van der Waals surface area contributed by atoms with E-state index in [-0.39, 0.29) is 11.7 Å². The summed E-state index contributed by atoms with van der Waals surface area (Å²) in [4.78, 5) is 15.6. The van der Waals surface area contributed by atoms with Crippen LogP contribution in [0, 0.1) is 6.92 Å². The van der Waals surface area contributed by atoms with Crippen LogP contribution in [0.4, 0.5) is 5.69 Å². The molecule has 0 saturated heterocycles. The first-order valence-electron chi connectivity index (χ1n) is 5.19. The van der Waals surface area contributed by atoms with Crippen LogP contribution in [-0.2, 0) is 4.79 Å². The van der Waals surface area contributed by atoms with Gasteiger partial charge in [-0.05, 0) is 30.7 Å². The average Bonchev–Trinajstić information content (AvgIpc) is 2.84. The Morgan fingerprint density at radius 1 is 1.56 bits per heavy atom. The number of anilines is 1. The van der Waals surface area contributed by atoms with Crippen molar-refractivity contribution in [3.05, 3.63) is 35.1 Å². The number of H-pyrrole nitrogens is 1. The van der Waals surface area contributed by atoms with E-state index in [0.717, 1.165) is 11.3 Å². The van der Waals surface area contributed by atoms with Gasteiger partial charge in [-0.2, -0.15) is 5.10 Å². The maximum Gasteiger partial charge on any atom is 0.234 e. The Bertz CT molecular complexity index is 544. The third kappa shape index (κ3) is 3.48. The number of thioether (sulfide) groups is 1. The normalized spacial score (nSPS) is 10.3. The van der Waals surface area contributed by atoms with Gasteiger partial charge in [-0.1, -0.05) is 23.4 Å². The van der Waals surface area contributed by atoms with E-state index < -0.39 is 0 Å². The summed E-state index contributed by atoms with van der Waals surface area (Å²) in [5.41, 5.74) is 1.66. The van der Waals surface area contributed by atoms with E-state index in [4.69, 9.17) is 11.6 Å². The van der Waals surface area contributed by atoms with Gasteiger partial charge in [-0.15, -0.1) is 0 Å². The van der Waals surface area contributed by atoms with Gasteiger partial charge >= 0.3 is 0 Å². The van der Waals surface area contributed by atoms with Crippen molar-refractivity contribution in [2.24, 2.45) is 0 Å². The van der Waals surface area contributed by atoms with Gasteiger partial charge in [0.15, 0.2) is 5.16 Å². The maximum absolute atomic E-state index is 11.7. The molecular formula is C11H11ClN4OS. The predicted octanol–water partition coefficient (Wildman–Crippen LogP) is 2.50. The first kappa shape index (κ1) is 12.9. The Kier molecular flexibility index (Phi) is 4.22. The Balaban J connectivity index is 1.88. The van der Waals surface area contributed by atoms with E-state index >= 15 is 0 Å². The number of amides is 1. The van der Waals surface area contributed by atoms with Crippen molar-refractivity contribution in [3.63, 3.8) is 0 Å². The van der Waals surface area contributed by atoms with Gasteiger partial charge in [0.1, 0.15) is 6.33 Å². The molecule has 0 spiro atoms. The van der Waals surface area contributed by atoms with Gasteiger partial charge < -0.3 is 5.32 Å². The number of nitrogens with zero attached hydrogens (tertiary/aromatic N) is 2. The first-order valence-corrected chi connectivity index (χ1v) is 6.55. The molecule has 2 N–H and O–H groups in total. The quantitative estimate of drug-likeness (QED) is 0.845. The lowest BCUT2D eigenvalue weighted by Crippen LogP contribution is -2.14. The molecule has 0 aliphatic heterocycles. The van der Waals surface area contributed by atoms with Gasteiger partial charge in [0.2, 0.25) is 5.91 Å². The standard InChI is InChI=1S/C11H11ClN4OS/c1-7-4-8(2-3-9(7)12)15-10(17)5-18-11-13-6-14-16-11/h2-4,6H,5H2,1H3,(H,15,17)(H,13,14,16). The molecule has 0 fully saturated rings. The number of hydrogen-bond donors (Lipinski definition) is 2. The minimum absolute atomic E-state index is 0.0990. The van der Waals surface area contributed by atoms with Gasteiger partial charge in [0, 0.05) is 10.7 Å². The highest BCUT2D eigenvalue weighted by molar-refractivity contribution is 7.99. The molecule has 7 heteroatoms. The third-order valence-corrected chi connectivity index (χ3v) is 3.48. The molecule has 1 aromatic heterocycles. The van der Waals surface area contributed by atoms with Crippen LogP contribution in [0.25, 0.3) is 0 Å². The monoisotopic (exact) mass is 282 g/mol. The topological polar surface area (TPSA) is 70.7 Å². The third-order valence-electron chi connectivity index (χ3n) is 2.17. The molecule has 94 valence electrons. The zero-order valence-corrected chi connectivity index (χ0v) is 11.2. The molecule has 1 aromatic carbocycles. The molecule has 5 nitrogen and oxygen atoms in total. The molecule has 2 rings (SSSR count). The summed E-state index contributed by atoms with van der Waals surface area (Å²) < 4.78 is 0. The van der Waals surface area contributed by atoms with E-state index in [1.807, 2.05) is 13.0 Å². The van der Waals surface area contributed by atoms with Crippen molar-refractivity contribution in [2.75, 3.05) is 11.1 Å². The average molecular weight is 283 g/mol. The second-order valence-electron chi connectivity index (χ2n) is 3.59. The Hall–Kier alpha value is -1.53. The van der Waals surface area contributed by atoms with Crippen LogP contribution in [0.15, 0.2) is 29.7 Å². The summed E-state index contributed by atoms with van der Waals surface area (Å²) in [6.45, 7) is 1.89. The molecule has 0 unspecified atom stereocenters. The highest BCUT2D eigenvalue weighted by atomic mass is 35.5. The van der Waals surface area contributed by atoms with Crippen molar-refractivity contribution in [3.8, 4) is 0 Å². The van der Waals surface area contributed by atoms with E-state index in [0.29, 0.717) is 10.2 Å². The zero-order chi connectivity index (χ0) is 13.0. The molecular weight excluding hydrogens is 272 g/mol. The van der Waals surface area contributed by atoms with Crippen molar-refractivity contribution in [2.45, 2.75) is 12.1 Å². The molecule has 0 saturated carbocycles. The summed E-state index contributed by atoms with van der Waals surface area (Å²) in [6, 6.07) is 5.36. The summed E-state index contributed by atoms with van der Waals surface area (Å²) in [6.07, 6.45) is 1.41. The van der Waals surface area contributed by atoms with E-state index in [1.54, 1.807) is 12.1 Å². The van der Waals surface area contributed by atoms with Gasteiger partial charge in [0.05, 0.1) is 5.75 Å². The van der Waals surface area contributed by atoms with Crippen molar-refractivity contribution >= 4 is 35.0 Å². The van der Waals surface area contributed by atoms with E-state index in [2.05, 4.69) is 20.5 Å². The fraction of sp³-hybridized carbons (Fsp3) is 0.182. The van der Waals surface area contributed by atoms with E-state index in [1.165, 1.54) is 18.1 Å². The number of aryl methyl sites for hydroxylation is 1. The smallest absolute Gasteiger partial charge is 0.234 e. The molecule has 1 heterocycles. The zero-order valence-electron chi connectivity index (χ0n) is 9.61. The lowest BCUT2D eigenvalue weighted by atomic mass is 10.2. The van der Waals surface area contributed by atoms with Crippen LogP contribution in [0.5, 0.6) is 0 Å². The van der Waals surface area contributed by atoms with Crippen LogP contribution in [0.2, 0.25) is 5.02 Å². The summed E-state index contributed by atoms with van der Waals surface area (Å²) in [7, 11) is 0. The summed E-state index contributed by atoms with van der Waals surface area (Å²) >= 11 is 7.20. The van der Waals surface area contributed by atoms with Gasteiger partial charge in [-0.25, -0.2) is 4.98 Å². The SMILES string of the molecule is Cc1cc(NC(=O)CSc2ncn[nH]2)ccc1Cl. The Morgan fingerprint density at radius 2 is 2.39 bits per heavy atom. The molecule has 2 aromatic rings. The minimum Gasteiger partial charge on any atom is -0.325 e. The lowest BCUT2D eigenvalue weighted by molar-refractivity contribution is -0.113. The number of hydrogen-bond acceptors (Lipinski definition) is 4. The minimum atomic E-state index is -0.0990. The van der Waals surface area contributed by atoms with Crippen LogP contribution in [0.3, 0.4) is 0 Å². The summed E-state index contributed by atoms with van der Waals surface area (Å²) in [5.74, 6) is 0.176. The predicted molar refractivity (Wildman–Crippen MR) is 71.9 cm³/mol. The molecule has 0 atom stereocenters. The summed E-state index contributed by atoms with van der Waals surface area (Å²) in [5, 5.41) is 10.5. The number of nitrogens with one attached hydrogen (secondary N) is 2. The van der Waals surface area contributed by atoms with Crippen LogP contribution in [0.1, 0.15) is 5.56 Å². The van der Waals surface area contributed by atoms with Crippen LogP contribution in [-0.4, -0.2) is 26.8 Å². The fourth-order valence-electron chi connectivity index (χ4n) is 1.32. The van der Waals surface area contributed by atoms with Crippen LogP contribution < -0.4 is 5.32 Å². The number of benzene rings is 1. The number of rotatable bonds is 4. The van der Waals surface area contributed by atoms with Gasteiger partial charge in [0.25, 0.3) is 0 Å². The molecule has 0 bridgehead atoms. The molecule has 0 radical (unpaired) electrons.